The van der Waals surface area contributed by atoms with Crippen LogP contribution in [0.4, 0.5) is 0 Å². The Morgan fingerprint density at radius 3 is 2.48 bits per heavy atom. The summed E-state index contributed by atoms with van der Waals surface area (Å²) < 4.78 is 0. The highest BCUT2D eigenvalue weighted by Crippen LogP contribution is 2.18. The molecule has 1 amide bonds. The average molecular weight is 289 g/mol. The lowest BCUT2D eigenvalue weighted by Crippen LogP contribution is -2.43. The highest BCUT2D eigenvalue weighted by atomic mass is 16.2. The van der Waals surface area contributed by atoms with Gasteiger partial charge in [0.05, 0.1) is 0 Å². The molecular formula is C17H27N3O. The van der Waals surface area contributed by atoms with Gasteiger partial charge in [0.15, 0.2) is 0 Å². The zero-order chi connectivity index (χ0) is 15.2. The van der Waals surface area contributed by atoms with Gasteiger partial charge in [0, 0.05) is 12.6 Å². The maximum Gasteiger partial charge on any atom is 0.241 e. The van der Waals surface area contributed by atoms with Crippen molar-refractivity contribution < 1.29 is 4.79 Å². The number of rotatable bonds is 5. The van der Waals surface area contributed by atoms with Crippen molar-refractivity contribution in [2.75, 3.05) is 19.6 Å². The van der Waals surface area contributed by atoms with E-state index in [1.54, 1.807) is 0 Å². The SMILES string of the molecule is CC(C)N1CCC(CNC(=O)[C@H](N)c2ccccc2)CC1. The first kappa shape index (κ1) is 16.0. The van der Waals surface area contributed by atoms with E-state index in [-0.39, 0.29) is 5.91 Å². The molecule has 4 nitrogen and oxygen atoms in total. The number of nitrogens with one attached hydrogen (secondary N) is 1. The Morgan fingerprint density at radius 2 is 1.90 bits per heavy atom. The number of carbonyl (C=O) groups is 1. The average Bonchev–Trinajstić information content (AvgIpc) is 2.53. The summed E-state index contributed by atoms with van der Waals surface area (Å²) in [5.41, 5.74) is 6.86. The lowest BCUT2D eigenvalue weighted by atomic mass is 9.95. The molecule has 2 rings (SSSR count). The molecule has 1 aromatic rings. The molecule has 3 N–H and O–H groups in total. The first-order chi connectivity index (χ1) is 10.1. The molecule has 116 valence electrons. The van der Waals surface area contributed by atoms with Gasteiger partial charge in [-0.05, 0) is 51.3 Å². The summed E-state index contributed by atoms with van der Waals surface area (Å²) in [6.45, 7) is 7.47. The summed E-state index contributed by atoms with van der Waals surface area (Å²) in [5.74, 6) is 0.499. The lowest BCUT2D eigenvalue weighted by molar-refractivity contribution is -0.122. The van der Waals surface area contributed by atoms with Crippen LogP contribution in [-0.2, 0) is 4.79 Å². The number of hydrogen-bond donors (Lipinski definition) is 2. The first-order valence-electron chi connectivity index (χ1n) is 7.90. The Bertz CT molecular complexity index is 439. The van der Waals surface area contributed by atoms with Gasteiger partial charge in [0.1, 0.15) is 6.04 Å². The van der Waals surface area contributed by atoms with Crippen LogP contribution < -0.4 is 11.1 Å². The van der Waals surface area contributed by atoms with Gasteiger partial charge in [-0.15, -0.1) is 0 Å². The number of piperidine rings is 1. The molecule has 0 aliphatic carbocycles. The second kappa shape index (κ2) is 7.57. The smallest absolute Gasteiger partial charge is 0.241 e. The van der Waals surface area contributed by atoms with Crippen molar-refractivity contribution in [1.29, 1.82) is 0 Å². The fourth-order valence-corrected chi connectivity index (χ4v) is 2.84. The van der Waals surface area contributed by atoms with Gasteiger partial charge >= 0.3 is 0 Å². The van der Waals surface area contributed by atoms with E-state index < -0.39 is 6.04 Å². The number of amides is 1. The summed E-state index contributed by atoms with van der Waals surface area (Å²) in [6.07, 6.45) is 2.30. The summed E-state index contributed by atoms with van der Waals surface area (Å²) in [6, 6.07) is 9.58. The summed E-state index contributed by atoms with van der Waals surface area (Å²) in [5, 5.41) is 3.01. The van der Waals surface area contributed by atoms with Crippen LogP contribution in [-0.4, -0.2) is 36.5 Å². The molecule has 21 heavy (non-hydrogen) atoms. The van der Waals surface area contributed by atoms with E-state index in [0.29, 0.717) is 12.0 Å². The minimum atomic E-state index is -0.568. The molecule has 0 aromatic heterocycles. The summed E-state index contributed by atoms with van der Waals surface area (Å²) in [4.78, 5) is 14.6. The molecule has 0 saturated carbocycles. The van der Waals surface area contributed by atoms with E-state index >= 15 is 0 Å². The van der Waals surface area contributed by atoms with Gasteiger partial charge in [0.25, 0.3) is 0 Å². The predicted molar refractivity (Wildman–Crippen MR) is 85.8 cm³/mol. The van der Waals surface area contributed by atoms with E-state index in [4.69, 9.17) is 5.73 Å². The van der Waals surface area contributed by atoms with Gasteiger partial charge in [-0.1, -0.05) is 30.3 Å². The third-order valence-electron chi connectivity index (χ3n) is 4.39. The van der Waals surface area contributed by atoms with Crippen LogP contribution in [0.2, 0.25) is 0 Å². The largest absolute Gasteiger partial charge is 0.354 e. The highest BCUT2D eigenvalue weighted by molar-refractivity contribution is 5.82. The normalized spacial score (nSPS) is 18.7. The predicted octanol–water partition coefficient (Wildman–Crippen LogP) is 1.92. The zero-order valence-electron chi connectivity index (χ0n) is 13.1. The van der Waals surface area contributed by atoms with Gasteiger partial charge < -0.3 is 16.0 Å². The summed E-state index contributed by atoms with van der Waals surface area (Å²) in [7, 11) is 0. The van der Waals surface area contributed by atoms with Crippen molar-refractivity contribution in [3.05, 3.63) is 35.9 Å². The van der Waals surface area contributed by atoms with Gasteiger partial charge in [-0.2, -0.15) is 0 Å². The molecule has 1 fully saturated rings. The molecule has 1 aromatic carbocycles. The molecule has 0 bridgehead atoms. The van der Waals surface area contributed by atoms with E-state index in [0.717, 1.165) is 38.0 Å². The van der Waals surface area contributed by atoms with Gasteiger partial charge in [-0.3, -0.25) is 4.79 Å². The van der Waals surface area contributed by atoms with Crippen molar-refractivity contribution in [3.8, 4) is 0 Å². The number of benzene rings is 1. The van der Waals surface area contributed by atoms with Crippen molar-refractivity contribution >= 4 is 5.91 Å². The van der Waals surface area contributed by atoms with E-state index in [1.807, 2.05) is 30.3 Å². The van der Waals surface area contributed by atoms with Crippen LogP contribution in [0, 0.1) is 5.92 Å². The fourth-order valence-electron chi connectivity index (χ4n) is 2.84. The quantitative estimate of drug-likeness (QED) is 0.870. The number of hydrogen-bond acceptors (Lipinski definition) is 3. The van der Waals surface area contributed by atoms with E-state index in [2.05, 4.69) is 24.1 Å². The molecule has 1 aliphatic heterocycles. The number of nitrogens with two attached hydrogens (primary N) is 1. The Balaban J connectivity index is 1.75. The van der Waals surface area contributed by atoms with Crippen LogP contribution in [0.3, 0.4) is 0 Å². The lowest BCUT2D eigenvalue weighted by Gasteiger charge is -2.34. The van der Waals surface area contributed by atoms with Crippen molar-refractivity contribution in [2.24, 2.45) is 11.7 Å². The van der Waals surface area contributed by atoms with Crippen LogP contribution in [0.1, 0.15) is 38.3 Å². The van der Waals surface area contributed by atoms with Crippen LogP contribution in [0.5, 0.6) is 0 Å². The summed E-state index contributed by atoms with van der Waals surface area (Å²) >= 11 is 0. The van der Waals surface area contributed by atoms with Crippen molar-refractivity contribution in [2.45, 2.75) is 38.8 Å². The monoisotopic (exact) mass is 289 g/mol. The maximum atomic E-state index is 12.1. The molecule has 0 unspecified atom stereocenters. The zero-order valence-corrected chi connectivity index (χ0v) is 13.1. The van der Waals surface area contributed by atoms with Gasteiger partial charge in [0.2, 0.25) is 5.91 Å². The molecule has 1 atom stereocenters. The molecule has 1 saturated heterocycles. The van der Waals surface area contributed by atoms with E-state index in [1.165, 1.54) is 0 Å². The van der Waals surface area contributed by atoms with Crippen LogP contribution in [0.15, 0.2) is 30.3 Å². The standard InChI is InChI=1S/C17H27N3O/c1-13(2)20-10-8-14(9-11-20)12-19-17(21)16(18)15-6-4-3-5-7-15/h3-7,13-14,16H,8-12,18H2,1-2H3,(H,19,21)/t16-/m1/s1. The third-order valence-corrected chi connectivity index (χ3v) is 4.39. The molecule has 0 radical (unpaired) electrons. The molecule has 1 aliphatic rings. The van der Waals surface area contributed by atoms with Gasteiger partial charge in [-0.25, -0.2) is 0 Å². The second-order valence-electron chi connectivity index (χ2n) is 6.21. The molecule has 4 heteroatoms. The Kier molecular flexibility index (Phi) is 5.76. The highest BCUT2D eigenvalue weighted by Gasteiger charge is 2.22. The first-order valence-corrected chi connectivity index (χ1v) is 7.90. The van der Waals surface area contributed by atoms with Crippen molar-refractivity contribution in [3.63, 3.8) is 0 Å². The van der Waals surface area contributed by atoms with Crippen LogP contribution >= 0.6 is 0 Å². The fraction of sp³-hybridized carbons (Fsp3) is 0.588. The number of carbonyl (C=O) groups excluding carboxylic acids is 1. The third kappa shape index (κ3) is 4.55. The molecule has 1 heterocycles. The minimum absolute atomic E-state index is 0.0764. The maximum absolute atomic E-state index is 12.1. The molecule has 0 spiro atoms. The van der Waals surface area contributed by atoms with Crippen LogP contribution in [0.25, 0.3) is 0 Å². The topological polar surface area (TPSA) is 58.4 Å². The minimum Gasteiger partial charge on any atom is -0.354 e. The number of likely N-dealkylation sites (tertiary alicyclic amines) is 1. The number of nitrogens with zero attached hydrogens (tertiary/aromatic N) is 1. The molecular weight excluding hydrogens is 262 g/mol. The Morgan fingerprint density at radius 1 is 1.29 bits per heavy atom. The van der Waals surface area contributed by atoms with E-state index in [9.17, 15) is 4.79 Å². The Hall–Kier alpha value is -1.39. The second-order valence-corrected chi connectivity index (χ2v) is 6.21. The Labute approximate surface area is 127 Å². The van der Waals surface area contributed by atoms with Crippen molar-refractivity contribution in [1.82, 2.24) is 10.2 Å².